The summed E-state index contributed by atoms with van der Waals surface area (Å²) in [6.45, 7) is 1.39. The Morgan fingerprint density at radius 1 is 1.14 bits per heavy atom. The number of carbonyl (C=O) groups excluding carboxylic acids is 3. The van der Waals surface area contributed by atoms with Crippen LogP contribution in [0.25, 0.3) is 0 Å². The first-order chi connectivity index (χ1) is 10.1. The first kappa shape index (κ1) is 15.0. The van der Waals surface area contributed by atoms with Crippen LogP contribution in [0.3, 0.4) is 0 Å². The quantitative estimate of drug-likeness (QED) is 0.785. The van der Waals surface area contributed by atoms with E-state index in [1.54, 1.807) is 11.0 Å². The summed E-state index contributed by atoms with van der Waals surface area (Å²) in [6.07, 6.45) is 0.468. The van der Waals surface area contributed by atoms with E-state index in [1.807, 2.05) is 0 Å². The smallest absolute Gasteiger partial charge is 0.256 e. The summed E-state index contributed by atoms with van der Waals surface area (Å²) in [5.74, 6) is -1.11. The van der Waals surface area contributed by atoms with Crippen LogP contribution in [0.15, 0.2) is 24.3 Å². The lowest BCUT2D eigenvalue weighted by Crippen LogP contribution is -2.52. The fourth-order valence-electron chi connectivity index (χ4n) is 2.20. The zero-order chi connectivity index (χ0) is 15.2. The number of hydrogen-bond acceptors (Lipinski definition) is 3. The normalized spacial score (nSPS) is 14.7. The van der Waals surface area contributed by atoms with Gasteiger partial charge in [-0.25, -0.2) is 4.39 Å². The minimum absolute atomic E-state index is 0.0416. The molecule has 1 N–H and O–H groups in total. The van der Waals surface area contributed by atoms with Gasteiger partial charge in [-0.3, -0.25) is 14.4 Å². The minimum atomic E-state index is -0.545. The van der Waals surface area contributed by atoms with Gasteiger partial charge in [-0.05, 0) is 12.1 Å². The van der Waals surface area contributed by atoms with E-state index in [0.29, 0.717) is 32.6 Å². The molecule has 0 aromatic heterocycles. The molecular weight excluding hydrogens is 277 g/mol. The number of benzene rings is 1. The molecular formula is C14H16FN3O3. The van der Waals surface area contributed by atoms with Gasteiger partial charge in [0, 0.05) is 26.2 Å². The summed E-state index contributed by atoms with van der Waals surface area (Å²) >= 11 is 0. The Morgan fingerprint density at radius 3 is 2.38 bits per heavy atom. The summed E-state index contributed by atoms with van der Waals surface area (Å²) in [5.41, 5.74) is 0.0416. The van der Waals surface area contributed by atoms with Crippen molar-refractivity contribution in [2.75, 3.05) is 32.7 Å². The second kappa shape index (κ2) is 6.83. The number of rotatable bonds is 4. The fourth-order valence-corrected chi connectivity index (χ4v) is 2.20. The maximum absolute atomic E-state index is 13.6. The Balaban J connectivity index is 1.92. The molecule has 0 bridgehead atoms. The van der Waals surface area contributed by atoms with Crippen LogP contribution >= 0.6 is 0 Å². The van der Waals surface area contributed by atoms with E-state index in [4.69, 9.17) is 0 Å². The van der Waals surface area contributed by atoms with Crippen LogP contribution in [-0.4, -0.2) is 60.7 Å². The molecule has 7 heteroatoms. The Morgan fingerprint density at radius 2 is 1.76 bits per heavy atom. The van der Waals surface area contributed by atoms with Crippen LogP contribution in [0.4, 0.5) is 4.39 Å². The number of hydrogen-bond donors (Lipinski definition) is 1. The third-order valence-corrected chi connectivity index (χ3v) is 3.36. The van der Waals surface area contributed by atoms with Gasteiger partial charge in [0.05, 0.1) is 12.1 Å². The Kier molecular flexibility index (Phi) is 4.86. The van der Waals surface area contributed by atoms with Gasteiger partial charge in [0.15, 0.2) is 0 Å². The first-order valence-electron chi connectivity index (χ1n) is 6.62. The first-order valence-corrected chi connectivity index (χ1v) is 6.62. The predicted molar refractivity (Wildman–Crippen MR) is 73.0 cm³/mol. The van der Waals surface area contributed by atoms with Gasteiger partial charge in [-0.15, -0.1) is 0 Å². The van der Waals surface area contributed by atoms with E-state index in [9.17, 15) is 18.8 Å². The highest BCUT2D eigenvalue weighted by molar-refractivity contribution is 5.94. The molecule has 1 aromatic rings. The average Bonchev–Trinajstić information content (AvgIpc) is 2.52. The molecule has 21 heavy (non-hydrogen) atoms. The van der Waals surface area contributed by atoms with Gasteiger partial charge in [0.25, 0.3) is 5.91 Å². The van der Waals surface area contributed by atoms with Crippen molar-refractivity contribution >= 4 is 18.2 Å². The Hall–Kier alpha value is -2.44. The molecule has 3 amide bonds. The van der Waals surface area contributed by atoms with Crippen LogP contribution in [0, 0.1) is 5.82 Å². The summed E-state index contributed by atoms with van der Waals surface area (Å²) in [6, 6.07) is 5.84. The van der Waals surface area contributed by atoms with Gasteiger partial charge in [-0.1, -0.05) is 12.1 Å². The molecule has 1 aliphatic heterocycles. The Labute approximate surface area is 121 Å². The van der Waals surface area contributed by atoms with Gasteiger partial charge in [0.2, 0.25) is 12.3 Å². The highest BCUT2D eigenvalue weighted by Gasteiger charge is 2.25. The van der Waals surface area contributed by atoms with Crippen molar-refractivity contribution in [1.82, 2.24) is 15.1 Å². The predicted octanol–water partition coefficient (Wildman–Crippen LogP) is -0.144. The second-order valence-corrected chi connectivity index (χ2v) is 4.65. The van der Waals surface area contributed by atoms with Crippen LogP contribution in [0.5, 0.6) is 0 Å². The fraction of sp³-hybridized carbons (Fsp3) is 0.357. The van der Waals surface area contributed by atoms with Crippen molar-refractivity contribution in [3.8, 4) is 0 Å². The number of piperazine rings is 1. The number of halogens is 1. The van der Waals surface area contributed by atoms with E-state index in [-0.39, 0.29) is 23.9 Å². The van der Waals surface area contributed by atoms with Crippen molar-refractivity contribution in [3.63, 3.8) is 0 Å². The molecule has 0 atom stereocenters. The highest BCUT2D eigenvalue weighted by Crippen LogP contribution is 2.12. The molecule has 1 fully saturated rings. The Bertz CT molecular complexity index is 542. The standard InChI is InChI=1S/C14H16FN3O3/c15-12-4-2-1-3-11(12)14(21)18-7-5-17(6-8-18)13(20)9-16-10-19/h1-4,10H,5-9H2,(H,16,19). The molecule has 1 aliphatic rings. The summed E-state index contributed by atoms with van der Waals surface area (Å²) in [7, 11) is 0. The summed E-state index contributed by atoms with van der Waals surface area (Å²) in [5, 5.41) is 2.31. The lowest BCUT2D eigenvalue weighted by atomic mass is 10.1. The van der Waals surface area contributed by atoms with Crippen LogP contribution in [0.1, 0.15) is 10.4 Å². The van der Waals surface area contributed by atoms with Gasteiger partial charge in [-0.2, -0.15) is 0 Å². The van der Waals surface area contributed by atoms with E-state index in [1.165, 1.54) is 23.1 Å². The molecule has 0 radical (unpaired) electrons. The van der Waals surface area contributed by atoms with Crippen molar-refractivity contribution < 1.29 is 18.8 Å². The van der Waals surface area contributed by atoms with Crippen LogP contribution in [0.2, 0.25) is 0 Å². The highest BCUT2D eigenvalue weighted by atomic mass is 19.1. The van der Waals surface area contributed by atoms with Crippen LogP contribution < -0.4 is 5.32 Å². The largest absolute Gasteiger partial charge is 0.350 e. The number of nitrogens with zero attached hydrogens (tertiary/aromatic N) is 2. The SMILES string of the molecule is O=CNCC(=O)N1CCN(C(=O)c2ccccc2F)CC1. The topological polar surface area (TPSA) is 69.7 Å². The third kappa shape index (κ3) is 3.56. The molecule has 1 aromatic carbocycles. The molecule has 2 rings (SSSR count). The number of nitrogens with one attached hydrogen (secondary N) is 1. The van der Waals surface area contributed by atoms with Crippen molar-refractivity contribution in [3.05, 3.63) is 35.6 Å². The van der Waals surface area contributed by atoms with Gasteiger partial charge in [0.1, 0.15) is 5.82 Å². The molecule has 1 saturated heterocycles. The molecule has 1 heterocycles. The van der Waals surface area contributed by atoms with Gasteiger partial charge >= 0.3 is 0 Å². The maximum Gasteiger partial charge on any atom is 0.256 e. The van der Waals surface area contributed by atoms with Crippen LogP contribution in [-0.2, 0) is 9.59 Å². The lowest BCUT2D eigenvalue weighted by Gasteiger charge is -2.34. The van der Waals surface area contributed by atoms with Gasteiger partial charge < -0.3 is 15.1 Å². The lowest BCUT2D eigenvalue weighted by molar-refractivity contribution is -0.132. The number of amides is 3. The number of carbonyl (C=O) groups is 3. The molecule has 0 spiro atoms. The van der Waals surface area contributed by atoms with Crippen molar-refractivity contribution in [1.29, 1.82) is 0 Å². The maximum atomic E-state index is 13.6. The third-order valence-electron chi connectivity index (χ3n) is 3.36. The van der Waals surface area contributed by atoms with E-state index in [2.05, 4.69) is 5.32 Å². The minimum Gasteiger partial charge on any atom is -0.350 e. The summed E-state index contributed by atoms with van der Waals surface area (Å²) < 4.78 is 13.6. The van der Waals surface area contributed by atoms with E-state index >= 15 is 0 Å². The van der Waals surface area contributed by atoms with Crippen molar-refractivity contribution in [2.24, 2.45) is 0 Å². The molecule has 0 saturated carbocycles. The molecule has 112 valence electrons. The zero-order valence-corrected chi connectivity index (χ0v) is 11.4. The zero-order valence-electron chi connectivity index (χ0n) is 11.4. The molecule has 0 aliphatic carbocycles. The molecule has 6 nitrogen and oxygen atoms in total. The van der Waals surface area contributed by atoms with Crippen molar-refractivity contribution in [2.45, 2.75) is 0 Å². The van der Waals surface area contributed by atoms with E-state index < -0.39 is 5.82 Å². The monoisotopic (exact) mass is 293 g/mol. The second-order valence-electron chi connectivity index (χ2n) is 4.65. The average molecular weight is 293 g/mol. The molecule has 0 unspecified atom stereocenters. The summed E-state index contributed by atoms with van der Waals surface area (Å²) in [4.78, 5) is 37.1. The van der Waals surface area contributed by atoms with E-state index in [0.717, 1.165) is 0 Å².